The first kappa shape index (κ1) is 16.7. The molecular weight excluding hydrogens is 256 g/mol. The first-order valence-electron chi connectivity index (χ1n) is 7.01. The molecule has 0 bridgehead atoms. The number of nitrogens with one attached hydrogen (secondary N) is 1. The molecule has 0 amide bonds. The minimum Gasteiger partial charge on any atom is -0.465 e. The van der Waals surface area contributed by atoms with Gasteiger partial charge in [0, 0.05) is 30.9 Å². The molecule has 0 saturated carbocycles. The Bertz CT molecular complexity index is 443. The summed E-state index contributed by atoms with van der Waals surface area (Å²) in [4.78, 5) is 13.8. The van der Waals surface area contributed by atoms with Gasteiger partial charge in [-0.05, 0) is 34.9 Å². The third kappa shape index (κ3) is 4.61. The lowest BCUT2D eigenvalue weighted by Gasteiger charge is -2.16. The maximum atomic E-state index is 11.5. The number of hydrogen-bond acceptors (Lipinski definition) is 5. The van der Waals surface area contributed by atoms with Crippen LogP contribution in [0.5, 0.6) is 0 Å². The summed E-state index contributed by atoms with van der Waals surface area (Å²) in [5.74, 6) is -0.242. The fourth-order valence-corrected chi connectivity index (χ4v) is 2.10. The highest BCUT2D eigenvalue weighted by atomic mass is 16.5. The molecule has 1 heterocycles. The number of nitrogens with zero attached hydrogens (tertiary/aromatic N) is 3. The molecule has 0 saturated heterocycles. The third-order valence-corrected chi connectivity index (χ3v) is 3.29. The van der Waals surface area contributed by atoms with Crippen molar-refractivity contribution in [3.8, 4) is 0 Å². The molecule has 6 nitrogen and oxygen atoms in total. The fraction of sp³-hybridized carbons (Fsp3) is 0.714. The van der Waals surface area contributed by atoms with Gasteiger partial charge in [-0.25, -0.2) is 0 Å². The molecule has 1 aromatic heterocycles. The molecule has 0 fully saturated rings. The Labute approximate surface area is 121 Å². The van der Waals surface area contributed by atoms with Gasteiger partial charge in [0.25, 0.3) is 0 Å². The largest absolute Gasteiger partial charge is 0.465 e. The van der Waals surface area contributed by atoms with Crippen molar-refractivity contribution < 1.29 is 9.53 Å². The Balaban J connectivity index is 2.73. The Hall–Kier alpha value is -1.40. The van der Waals surface area contributed by atoms with Crippen LogP contribution in [-0.4, -0.2) is 54.4 Å². The van der Waals surface area contributed by atoms with Crippen molar-refractivity contribution in [1.82, 2.24) is 20.0 Å². The quantitative estimate of drug-likeness (QED) is 0.712. The summed E-state index contributed by atoms with van der Waals surface area (Å²) in [7, 11) is 4.03. The van der Waals surface area contributed by atoms with Crippen LogP contribution in [0.3, 0.4) is 0 Å². The molecule has 1 rings (SSSR count). The van der Waals surface area contributed by atoms with Crippen LogP contribution in [0.2, 0.25) is 0 Å². The van der Waals surface area contributed by atoms with Crippen molar-refractivity contribution in [2.45, 2.75) is 33.9 Å². The van der Waals surface area contributed by atoms with Gasteiger partial charge in [-0.3, -0.25) is 9.48 Å². The molecule has 114 valence electrons. The molecule has 0 aliphatic heterocycles. The van der Waals surface area contributed by atoms with E-state index < -0.39 is 0 Å². The van der Waals surface area contributed by atoms with E-state index in [1.165, 1.54) is 5.56 Å². The average molecular weight is 282 g/mol. The Morgan fingerprint density at radius 3 is 2.75 bits per heavy atom. The zero-order chi connectivity index (χ0) is 15.1. The van der Waals surface area contributed by atoms with Crippen molar-refractivity contribution in [2.75, 3.05) is 33.8 Å². The normalized spacial score (nSPS) is 11.1. The van der Waals surface area contributed by atoms with Crippen LogP contribution in [0.4, 0.5) is 0 Å². The highest BCUT2D eigenvalue weighted by molar-refractivity contribution is 5.69. The second kappa shape index (κ2) is 8.01. The maximum Gasteiger partial charge on any atom is 0.327 e. The number of esters is 1. The first-order chi connectivity index (χ1) is 9.49. The second-order valence-electron chi connectivity index (χ2n) is 4.95. The number of likely N-dealkylation sites (N-methyl/N-ethyl adjacent to an activating group) is 2. The zero-order valence-electron chi connectivity index (χ0n) is 13.2. The highest BCUT2D eigenvalue weighted by Crippen LogP contribution is 2.15. The van der Waals surface area contributed by atoms with E-state index in [0.717, 1.165) is 31.0 Å². The maximum absolute atomic E-state index is 11.5. The van der Waals surface area contributed by atoms with Gasteiger partial charge in [0.05, 0.1) is 12.3 Å². The summed E-state index contributed by atoms with van der Waals surface area (Å²) in [6.45, 7) is 9.13. The van der Waals surface area contributed by atoms with Crippen molar-refractivity contribution in [3.05, 3.63) is 17.0 Å². The first-order valence-corrected chi connectivity index (χ1v) is 7.01. The molecule has 0 aromatic carbocycles. The molecule has 1 N–H and O–H groups in total. The highest BCUT2D eigenvalue weighted by Gasteiger charge is 2.15. The van der Waals surface area contributed by atoms with E-state index in [-0.39, 0.29) is 12.5 Å². The van der Waals surface area contributed by atoms with E-state index in [2.05, 4.69) is 22.4 Å². The molecule has 0 aliphatic rings. The van der Waals surface area contributed by atoms with Crippen LogP contribution in [0.25, 0.3) is 0 Å². The minimum absolute atomic E-state index is 0.181. The lowest BCUT2D eigenvalue weighted by atomic mass is 10.2. The number of aromatic nitrogens is 2. The molecule has 0 spiro atoms. The Morgan fingerprint density at radius 2 is 2.15 bits per heavy atom. The van der Waals surface area contributed by atoms with Gasteiger partial charge in [0.15, 0.2) is 0 Å². The van der Waals surface area contributed by atoms with Crippen molar-refractivity contribution >= 4 is 5.97 Å². The van der Waals surface area contributed by atoms with E-state index in [4.69, 9.17) is 4.74 Å². The number of carbonyl (C=O) groups is 1. The van der Waals surface area contributed by atoms with Gasteiger partial charge in [0.1, 0.15) is 6.54 Å². The van der Waals surface area contributed by atoms with Gasteiger partial charge >= 0.3 is 5.97 Å². The number of hydrogen-bond donors (Lipinski definition) is 1. The second-order valence-corrected chi connectivity index (χ2v) is 4.95. The van der Waals surface area contributed by atoms with Crippen LogP contribution in [-0.2, 0) is 22.6 Å². The molecule has 0 unspecified atom stereocenters. The van der Waals surface area contributed by atoms with Gasteiger partial charge in [0.2, 0.25) is 0 Å². The fourth-order valence-electron chi connectivity index (χ4n) is 2.10. The van der Waals surface area contributed by atoms with E-state index >= 15 is 0 Å². The predicted molar refractivity (Wildman–Crippen MR) is 78.6 cm³/mol. The number of rotatable bonds is 8. The van der Waals surface area contributed by atoms with Crippen molar-refractivity contribution in [2.24, 2.45) is 0 Å². The van der Waals surface area contributed by atoms with Crippen LogP contribution < -0.4 is 5.32 Å². The molecular formula is C14H26N4O2. The van der Waals surface area contributed by atoms with Gasteiger partial charge in [-0.2, -0.15) is 5.10 Å². The molecule has 1 aromatic rings. The van der Waals surface area contributed by atoms with E-state index in [1.54, 1.807) is 11.6 Å². The predicted octanol–water partition coefficient (Wildman–Crippen LogP) is 0.714. The zero-order valence-corrected chi connectivity index (χ0v) is 13.2. The molecule has 0 radical (unpaired) electrons. The van der Waals surface area contributed by atoms with Crippen LogP contribution >= 0.6 is 0 Å². The molecule has 0 aliphatic carbocycles. The van der Waals surface area contributed by atoms with Crippen LogP contribution in [0.15, 0.2) is 0 Å². The SMILES string of the molecule is CCOC(=O)Cn1nc(C)c(CN(C)CCNC)c1C. The van der Waals surface area contributed by atoms with Gasteiger partial charge in [-0.1, -0.05) is 0 Å². The van der Waals surface area contributed by atoms with E-state index in [9.17, 15) is 4.79 Å². The van der Waals surface area contributed by atoms with E-state index in [1.807, 2.05) is 20.9 Å². The molecule has 6 heteroatoms. The van der Waals surface area contributed by atoms with Crippen LogP contribution in [0, 0.1) is 13.8 Å². The summed E-state index contributed by atoms with van der Waals surface area (Å²) >= 11 is 0. The number of ether oxygens (including phenoxy) is 1. The van der Waals surface area contributed by atoms with Gasteiger partial charge < -0.3 is 15.0 Å². The summed E-state index contributed by atoms with van der Waals surface area (Å²) in [5, 5.41) is 7.57. The Kier molecular flexibility index (Phi) is 6.67. The summed E-state index contributed by atoms with van der Waals surface area (Å²) < 4.78 is 6.70. The molecule has 20 heavy (non-hydrogen) atoms. The standard InChI is InChI=1S/C14H26N4O2/c1-6-20-14(19)10-18-12(3)13(11(2)16-18)9-17(5)8-7-15-4/h15H,6-10H2,1-5H3. The summed E-state index contributed by atoms with van der Waals surface area (Å²) in [6.07, 6.45) is 0. The van der Waals surface area contributed by atoms with Gasteiger partial charge in [-0.15, -0.1) is 0 Å². The van der Waals surface area contributed by atoms with E-state index in [0.29, 0.717) is 6.61 Å². The summed E-state index contributed by atoms with van der Waals surface area (Å²) in [6, 6.07) is 0. The summed E-state index contributed by atoms with van der Waals surface area (Å²) in [5.41, 5.74) is 3.20. The number of aryl methyl sites for hydroxylation is 1. The topological polar surface area (TPSA) is 59.4 Å². The molecule has 0 atom stereocenters. The average Bonchev–Trinajstić information content (AvgIpc) is 2.64. The number of carbonyl (C=O) groups excluding carboxylic acids is 1. The smallest absolute Gasteiger partial charge is 0.327 e. The monoisotopic (exact) mass is 282 g/mol. The van der Waals surface area contributed by atoms with Crippen molar-refractivity contribution in [3.63, 3.8) is 0 Å². The third-order valence-electron chi connectivity index (χ3n) is 3.29. The minimum atomic E-state index is -0.242. The lowest BCUT2D eigenvalue weighted by Crippen LogP contribution is -2.27. The lowest BCUT2D eigenvalue weighted by molar-refractivity contribution is -0.144. The Morgan fingerprint density at radius 1 is 1.45 bits per heavy atom. The van der Waals surface area contributed by atoms with Crippen LogP contribution in [0.1, 0.15) is 23.9 Å². The van der Waals surface area contributed by atoms with Crippen molar-refractivity contribution in [1.29, 1.82) is 0 Å².